The third-order valence-corrected chi connectivity index (χ3v) is 2.08. The second-order valence-electron chi connectivity index (χ2n) is 4.70. The summed E-state index contributed by atoms with van der Waals surface area (Å²) < 4.78 is 5.14. The van der Waals surface area contributed by atoms with Crippen molar-refractivity contribution in [1.29, 1.82) is 0 Å². The predicted octanol–water partition coefficient (Wildman–Crippen LogP) is 1.95. The van der Waals surface area contributed by atoms with E-state index < -0.39 is 0 Å². The van der Waals surface area contributed by atoms with Gasteiger partial charge < -0.3 is 14.8 Å². The highest BCUT2D eigenvalue weighted by Crippen LogP contribution is 2.12. The van der Waals surface area contributed by atoms with E-state index in [-0.39, 0.29) is 5.54 Å². The van der Waals surface area contributed by atoms with Gasteiger partial charge >= 0.3 is 0 Å². The van der Waals surface area contributed by atoms with Crippen molar-refractivity contribution in [3.05, 3.63) is 24.2 Å². The van der Waals surface area contributed by atoms with E-state index in [1.807, 2.05) is 18.3 Å². The topological polar surface area (TPSA) is 66.7 Å². The summed E-state index contributed by atoms with van der Waals surface area (Å²) in [6, 6.07) is 3.81. The lowest BCUT2D eigenvalue weighted by Gasteiger charge is -2.18. The lowest BCUT2D eigenvalue weighted by Crippen LogP contribution is -2.35. The molecule has 0 amide bonds. The van der Waals surface area contributed by atoms with E-state index in [0.29, 0.717) is 18.3 Å². The Hall–Kier alpha value is -1.62. The number of hydrogen-bond acceptors (Lipinski definition) is 4. The van der Waals surface area contributed by atoms with Crippen LogP contribution in [-0.2, 0) is 6.54 Å². The number of rotatable bonds is 3. The summed E-state index contributed by atoms with van der Waals surface area (Å²) >= 11 is 0. The average Bonchev–Trinajstić information content (AvgIpc) is 2.84. The van der Waals surface area contributed by atoms with Gasteiger partial charge in [0.05, 0.1) is 12.2 Å². The summed E-state index contributed by atoms with van der Waals surface area (Å²) in [6.07, 6.45) is 1.83. The zero-order chi connectivity index (χ0) is 11.6. The average molecular weight is 220 g/mol. The van der Waals surface area contributed by atoms with Crippen molar-refractivity contribution in [3.63, 3.8) is 0 Å². The van der Waals surface area contributed by atoms with Gasteiger partial charge in [-0.25, -0.2) is 0 Å². The molecule has 0 atom stereocenters. The Morgan fingerprint density at radius 1 is 1.44 bits per heavy atom. The molecule has 2 aromatic rings. The fraction of sp³-hybridized carbons (Fsp3) is 0.455. The quantitative estimate of drug-likeness (QED) is 0.829. The highest BCUT2D eigenvalue weighted by molar-refractivity contribution is 5.47. The summed E-state index contributed by atoms with van der Waals surface area (Å²) in [5, 5.41) is 7.19. The van der Waals surface area contributed by atoms with Gasteiger partial charge in [-0.3, -0.25) is 0 Å². The van der Waals surface area contributed by atoms with E-state index >= 15 is 0 Å². The van der Waals surface area contributed by atoms with Crippen LogP contribution in [0, 0.1) is 0 Å². The highest BCUT2D eigenvalue weighted by atomic mass is 16.5. The summed E-state index contributed by atoms with van der Waals surface area (Å²) in [4.78, 5) is 7.32. The van der Waals surface area contributed by atoms with E-state index in [1.165, 1.54) is 0 Å². The zero-order valence-corrected chi connectivity index (χ0v) is 9.74. The van der Waals surface area contributed by atoms with Gasteiger partial charge in [-0.15, -0.1) is 0 Å². The van der Waals surface area contributed by atoms with Crippen molar-refractivity contribution < 1.29 is 4.52 Å². The molecule has 0 radical (unpaired) electrons. The maximum atomic E-state index is 5.14. The molecule has 86 valence electrons. The van der Waals surface area contributed by atoms with Crippen LogP contribution >= 0.6 is 0 Å². The molecule has 2 rings (SSSR count). The molecule has 0 spiro atoms. The molecule has 5 nitrogen and oxygen atoms in total. The van der Waals surface area contributed by atoms with Crippen molar-refractivity contribution in [3.8, 4) is 11.5 Å². The van der Waals surface area contributed by atoms with Gasteiger partial charge in [-0.2, -0.15) is 4.98 Å². The Bertz CT molecular complexity index is 439. The minimum atomic E-state index is 0.0427. The molecular formula is C11H16N4O. The Labute approximate surface area is 94.3 Å². The van der Waals surface area contributed by atoms with Crippen LogP contribution in [0.1, 0.15) is 26.7 Å². The highest BCUT2D eigenvalue weighted by Gasteiger charge is 2.13. The van der Waals surface area contributed by atoms with E-state index in [9.17, 15) is 0 Å². The van der Waals surface area contributed by atoms with Crippen LogP contribution < -0.4 is 5.32 Å². The summed E-state index contributed by atoms with van der Waals surface area (Å²) in [5.74, 6) is 1.19. The molecule has 16 heavy (non-hydrogen) atoms. The lowest BCUT2D eigenvalue weighted by molar-refractivity contribution is 0.336. The van der Waals surface area contributed by atoms with Crippen molar-refractivity contribution in [2.75, 3.05) is 0 Å². The minimum absolute atomic E-state index is 0.0427. The number of hydrogen-bond donors (Lipinski definition) is 2. The normalized spacial score (nSPS) is 11.9. The van der Waals surface area contributed by atoms with Crippen LogP contribution in [0.15, 0.2) is 22.9 Å². The Morgan fingerprint density at radius 2 is 2.25 bits per heavy atom. The third-order valence-electron chi connectivity index (χ3n) is 2.08. The van der Waals surface area contributed by atoms with Gasteiger partial charge in [0, 0.05) is 11.7 Å². The molecule has 0 saturated heterocycles. The largest absolute Gasteiger partial charge is 0.359 e. The fourth-order valence-electron chi connectivity index (χ4n) is 1.25. The molecule has 2 heterocycles. The molecule has 0 aliphatic heterocycles. The molecule has 0 aromatic carbocycles. The van der Waals surface area contributed by atoms with Gasteiger partial charge in [0.2, 0.25) is 11.7 Å². The second-order valence-corrected chi connectivity index (χ2v) is 4.70. The third kappa shape index (κ3) is 2.70. The van der Waals surface area contributed by atoms with Gasteiger partial charge in [-0.1, -0.05) is 5.16 Å². The number of nitrogens with zero attached hydrogens (tertiary/aromatic N) is 2. The van der Waals surface area contributed by atoms with Crippen LogP contribution in [0.5, 0.6) is 0 Å². The number of aromatic nitrogens is 3. The monoisotopic (exact) mass is 220 g/mol. The van der Waals surface area contributed by atoms with Crippen LogP contribution in [0.2, 0.25) is 0 Å². The molecule has 0 bridgehead atoms. The summed E-state index contributed by atoms with van der Waals surface area (Å²) in [7, 11) is 0. The van der Waals surface area contributed by atoms with Crippen LogP contribution in [0.25, 0.3) is 11.5 Å². The Kier molecular flexibility index (Phi) is 2.78. The first-order valence-electron chi connectivity index (χ1n) is 5.26. The van der Waals surface area contributed by atoms with Crippen molar-refractivity contribution >= 4 is 0 Å². The molecule has 0 fully saturated rings. The standard InChI is InChI=1S/C11H16N4O/c1-11(2,3)13-7-9-14-10(15-16-9)8-5-4-6-12-8/h4-6,12-13H,7H2,1-3H3. The molecule has 5 heteroatoms. The molecule has 2 N–H and O–H groups in total. The first-order valence-corrected chi connectivity index (χ1v) is 5.26. The first-order chi connectivity index (χ1) is 7.54. The molecule has 0 unspecified atom stereocenters. The molecular weight excluding hydrogens is 204 g/mol. The number of aromatic amines is 1. The second kappa shape index (κ2) is 4.09. The van der Waals surface area contributed by atoms with E-state index in [4.69, 9.17) is 4.52 Å². The van der Waals surface area contributed by atoms with Crippen LogP contribution in [-0.4, -0.2) is 20.7 Å². The van der Waals surface area contributed by atoms with E-state index in [0.717, 1.165) is 5.69 Å². The Balaban J connectivity index is 2.03. The number of nitrogens with one attached hydrogen (secondary N) is 2. The van der Waals surface area contributed by atoms with E-state index in [2.05, 4.69) is 41.2 Å². The molecule has 0 aliphatic carbocycles. The van der Waals surface area contributed by atoms with Gasteiger partial charge in [-0.05, 0) is 32.9 Å². The zero-order valence-electron chi connectivity index (χ0n) is 9.74. The summed E-state index contributed by atoms with van der Waals surface area (Å²) in [5.41, 5.74) is 0.909. The predicted molar refractivity (Wildman–Crippen MR) is 60.7 cm³/mol. The van der Waals surface area contributed by atoms with Crippen LogP contribution in [0.4, 0.5) is 0 Å². The minimum Gasteiger partial charge on any atom is -0.359 e. The lowest BCUT2D eigenvalue weighted by atomic mass is 10.1. The SMILES string of the molecule is CC(C)(C)NCc1nc(-c2ccc[nH]2)no1. The maximum absolute atomic E-state index is 5.14. The van der Waals surface area contributed by atoms with E-state index in [1.54, 1.807) is 0 Å². The van der Waals surface area contributed by atoms with Crippen molar-refractivity contribution in [2.45, 2.75) is 32.9 Å². The molecule has 2 aromatic heterocycles. The smallest absolute Gasteiger partial charge is 0.240 e. The van der Waals surface area contributed by atoms with Crippen molar-refractivity contribution in [1.82, 2.24) is 20.4 Å². The summed E-state index contributed by atoms with van der Waals surface area (Å²) in [6.45, 7) is 6.86. The molecule has 0 saturated carbocycles. The molecule has 0 aliphatic rings. The van der Waals surface area contributed by atoms with Gasteiger partial charge in [0.15, 0.2) is 0 Å². The maximum Gasteiger partial charge on any atom is 0.240 e. The van der Waals surface area contributed by atoms with Crippen molar-refractivity contribution in [2.24, 2.45) is 0 Å². The van der Waals surface area contributed by atoms with Gasteiger partial charge in [0.25, 0.3) is 0 Å². The van der Waals surface area contributed by atoms with Crippen LogP contribution in [0.3, 0.4) is 0 Å². The number of H-pyrrole nitrogens is 1. The first kappa shape index (κ1) is 10.9. The Morgan fingerprint density at radius 3 is 2.88 bits per heavy atom. The fourth-order valence-corrected chi connectivity index (χ4v) is 1.25. The van der Waals surface area contributed by atoms with Gasteiger partial charge in [0.1, 0.15) is 0 Å².